The highest BCUT2D eigenvalue weighted by Crippen LogP contribution is 2.32. The Bertz CT molecular complexity index is 667. The topological polar surface area (TPSA) is 34.1 Å². The molecule has 0 saturated carbocycles. The number of thiophene rings is 1. The molecule has 0 fully saturated rings. The molecule has 0 atom stereocenters. The van der Waals surface area contributed by atoms with Crippen molar-refractivity contribution in [3.63, 3.8) is 0 Å². The monoisotopic (exact) mass is 368 g/mol. The van der Waals surface area contributed by atoms with Gasteiger partial charge in [0.1, 0.15) is 5.75 Å². The summed E-state index contributed by atoms with van der Waals surface area (Å²) in [4.78, 5) is 5.77. The molecule has 20 heavy (non-hydrogen) atoms. The zero-order chi connectivity index (χ0) is 13.1. The molecule has 1 N–H and O–H groups in total. The van der Waals surface area contributed by atoms with E-state index in [1.54, 1.807) is 29.8 Å². The van der Waals surface area contributed by atoms with Gasteiger partial charge in [0.2, 0.25) is 0 Å². The standard InChI is InChI=1S/C14H12N2OS2.BrH/c1-17-12-6-3-2-5-10(12)15-14-16-11(9-19-14)13-7-4-8-18-13;/h2-9H,1H3,(H,15,16);1H. The van der Waals surface area contributed by atoms with Crippen LogP contribution in [0.4, 0.5) is 10.8 Å². The average molecular weight is 369 g/mol. The minimum atomic E-state index is 0. The fourth-order valence-corrected chi connectivity index (χ4v) is 3.22. The lowest BCUT2D eigenvalue weighted by Gasteiger charge is -2.07. The number of ether oxygens (including phenoxy) is 1. The van der Waals surface area contributed by atoms with Crippen LogP contribution in [0.25, 0.3) is 10.6 Å². The van der Waals surface area contributed by atoms with Gasteiger partial charge in [0.25, 0.3) is 0 Å². The van der Waals surface area contributed by atoms with E-state index in [1.165, 1.54) is 4.88 Å². The zero-order valence-corrected chi connectivity index (χ0v) is 14.0. The SMILES string of the molecule is Br.COc1ccccc1Nc1nc(-c2cccs2)cs1. The quantitative estimate of drug-likeness (QED) is 0.686. The van der Waals surface area contributed by atoms with E-state index < -0.39 is 0 Å². The molecule has 0 radical (unpaired) electrons. The Balaban J connectivity index is 0.00000147. The van der Waals surface area contributed by atoms with Crippen molar-refractivity contribution in [2.75, 3.05) is 12.4 Å². The smallest absolute Gasteiger partial charge is 0.187 e. The van der Waals surface area contributed by atoms with E-state index in [1.807, 2.05) is 30.3 Å². The highest BCUT2D eigenvalue weighted by atomic mass is 79.9. The number of thiazole rings is 1. The van der Waals surface area contributed by atoms with Gasteiger partial charge in [-0.1, -0.05) is 18.2 Å². The Kier molecular flexibility index (Phi) is 5.17. The summed E-state index contributed by atoms with van der Waals surface area (Å²) in [5, 5.41) is 8.28. The Hall–Kier alpha value is -1.37. The molecule has 3 nitrogen and oxygen atoms in total. The summed E-state index contributed by atoms with van der Waals surface area (Å²) in [6, 6.07) is 11.9. The van der Waals surface area contributed by atoms with Crippen molar-refractivity contribution in [3.8, 4) is 16.3 Å². The molecule has 6 heteroatoms. The van der Waals surface area contributed by atoms with E-state index in [4.69, 9.17) is 4.74 Å². The van der Waals surface area contributed by atoms with Gasteiger partial charge in [-0.05, 0) is 23.6 Å². The Morgan fingerprint density at radius 3 is 2.70 bits per heavy atom. The molecule has 0 amide bonds. The zero-order valence-electron chi connectivity index (χ0n) is 10.7. The van der Waals surface area contributed by atoms with Gasteiger partial charge in [0.15, 0.2) is 5.13 Å². The summed E-state index contributed by atoms with van der Waals surface area (Å²) in [6.07, 6.45) is 0. The molecule has 0 spiro atoms. The highest BCUT2D eigenvalue weighted by Gasteiger charge is 2.07. The molecule has 0 saturated heterocycles. The van der Waals surface area contributed by atoms with E-state index in [-0.39, 0.29) is 17.0 Å². The summed E-state index contributed by atoms with van der Waals surface area (Å²) in [5.74, 6) is 0.815. The normalized spacial score (nSPS) is 9.85. The molecule has 3 aromatic rings. The van der Waals surface area contributed by atoms with Gasteiger partial charge in [-0.15, -0.1) is 39.7 Å². The van der Waals surface area contributed by atoms with E-state index in [2.05, 4.69) is 27.1 Å². The summed E-state index contributed by atoms with van der Waals surface area (Å²) >= 11 is 3.29. The first-order valence-electron chi connectivity index (χ1n) is 5.76. The Morgan fingerprint density at radius 1 is 1.10 bits per heavy atom. The molecule has 2 heterocycles. The Morgan fingerprint density at radius 2 is 1.95 bits per heavy atom. The average Bonchev–Trinajstić information content (AvgIpc) is 3.09. The number of hydrogen-bond acceptors (Lipinski definition) is 5. The lowest BCUT2D eigenvalue weighted by Crippen LogP contribution is -1.93. The molecular formula is C14H13BrN2OS2. The van der Waals surface area contributed by atoms with Crippen molar-refractivity contribution >= 4 is 50.5 Å². The van der Waals surface area contributed by atoms with Crippen molar-refractivity contribution in [2.24, 2.45) is 0 Å². The van der Waals surface area contributed by atoms with Crippen molar-refractivity contribution in [1.29, 1.82) is 0 Å². The minimum absolute atomic E-state index is 0. The first-order chi connectivity index (χ1) is 9.36. The third-order valence-electron chi connectivity index (χ3n) is 2.63. The van der Waals surface area contributed by atoms with Gasteiger partial charge in [-0.3, -0.25) is 0 Å². The number of nitrogens with zero attached hydrogens (tertiary/aromatic N) is 1. The van der Waals surface area contributed by atoms with Gasteiger partial charge >= 0.3 is 0 Å². The fourth-order valence-electron chi connectivity index (χ4n) is 1.73. The number of anilines is 2. The first-order valence-corrected chi connectivity index (χ1v) is 7.52. The van der Waals surface area contributed by atoms with E-state index >= 15 is 0 Å². The number of benzene rings is 1. The van der Waals surface area contributed by atoms with Crippen LogP contribution in [-0.4, -0.2) is 12.1 Å². The van der Waals surface area contributed by atoms with Gasteiger partial charge in [-0.25, -0.2) is 4.98 Å². The van der Waals surface area contributed by atoms with Crippen LogP contribution in [0, 0.1) is 0 Å². The maximum absolute atomic E-state index is 5.31. The van der Waals surface area contributed by atoms with Crippen molar-refractivity contribution in [1.82, 2.24) is 4.98 Å². The van der Waals surface area contributed by atoms with Crippen molar-refractivity contribution in [2.45, 2.75) is 0 Å². The number of methoxy groups -OCH3 is 1. The maximum atomic E-state index is 5.31. The number of rotatable bonds is 4. The minimum Gasteiger partial charge on any atom is -0.495 e. The molecule has 0 aliphatic rings. The second kappa shape index (κ2) is 6.88. The fraction of sp³-hybridized carbons (Fsp3) is 0.0714. The lowest BCUT2D eigenvalue weighted by atomic mass is 10.3. The second-order valence-corrected chi connectivity index (χ2v) is 5.65. The molecule has 0 aliphatic carbocycles. The van der Waals surface area contributed by atoms with Gasteiger partial charge in [0.05, 0.1) is 23.4 Å². The number of hydrogen-bond donors (Lipinski definition) is 1. The molecule has 104 valence electrons. The van der Waals surface area contributed by atoms with Crippen LogP contribution < -0.4 is 10.1 Å². The third kappa shape index (κ3) is 3.20. The summed E-state index contributed by atoms with van der Waals surface area (Å²) in [5.41, 5.74) is 1.94. The number of halogens is 1. The molecule has 2 aromatic heterocycles. The second-order valence-electron chi connectivity index (χ2n) is 3.84. The summed E-state index contributed by atoms with van der Waals surface area (Å²) in [6.45, 7) is 0. The first kappa shape index (κ1) is 15.0. The van der Waals surface area contributed by atoms with Crippen LogP contribution in [0.15, 0.2) is 47.2 Å². The molecule has 0 unspecified atom stereocenters. The summed E-state index contributed by atoms with van der Waals surface area (Å²) in [7, 11) is 1.67. The van der Waals surface area contributed by atoms with E-state index in [9.17, 15) is 0 Å². The molecule has 1 aromatic carbocycles. The van der Waals surface area contributed by atoms with Crippen LogP contribution in [0.5, 0.6) is 5.75 Å². The van der Waals surface area contributed by atoms with Crippen LogP contribution >= 0.6 is 39.7 Å². The number of para-hydroxylation sites is 2. The van der Waals surface area contributed by atoms with Crippen molar-refractivity contribution in [3.05, 3.63) is 47.2 Å². The van der Waals surface area contributed by atoms with Crippen LogP contribution in [-0.2, 0) is 0 Å². The predicted octanol–water partition coefficient (Wildman–Crippen LogP) is 5.20. The lowest BCUT2D eigenvalue weighted by molar-refractivity contribution is 0.417. The van der Waals surface area contributed by atoms with Gasteiger partial charge < -0.3 is 10.1 Å². The van der Waals surface area contributed by atoms with Crippen LogP contribution in [0.2, 0.25) is 0 Å². The molecule has 3 rings (SSSR count). The largest absolute Gasteiger partial charge is 0.495 e. The number of nitrogens with one attached hydrogen (secondary N) is 1. The van der Waals surface area contributed by atoms with Crippen LogP contribution in [0.3, 0.4) is 0 Å². The highest BCUT2D eigenvalue weighted by molar-refractivity contribution is 8.93. The maximum Gasteiger partial charge on any atom is 0.187 e. The van der Waals surface area contributed by atoms with Crippen LogP contribution in [0.1, 0.15) is 0 Å². The molecule has 0 aliphatic heterocycles. The summed E-state index contributed by atoms with van der Waals surface area (Å²) < 4.78 is 5.31. The van der Waals surface area contributed by atoms with Crippen molar-refractivity contribution < 1.29 is 4.74 Å². The third-order valence-corrected chi connectivity index (χ3v) is 4.28. The number of aromatic nitrogens is 1. The Labute approximate surface area is 136 Å². The van der Waals surface area contributed by atoms with E-state index in [0.29, 0.717) is 0 Å². The van der Waals surface area contributed by atoms with E-state index in [0.717, 1.165) is 22.3 Å². The van der Waals surface area contributed by atoms with Gasteiger partial charge in [0, 0.05) is 5.38 Å². The molecular weight excluding hydrogens is 356 g/mol. The van der Waals surface area contributed by atoms with Gasteiger partial charge in [-0.2, -0.15) is 0 Å². The molecule has 0 bridgehead atoms. The predicted molar refractivity (Wildman–Crippen MR) is 92.0 cm³/mol.